The molecule has 0 saturated carbocycles. The van der Waals surface area contributed by atoms with E-state index in [9.17, 15) is 9.59 Å². The molecule has 0 radical (unpaired) electrons. The molecule has 5 heteroatoms. The number of hydrogen-bond donors (Lipinski definition) is 2. The van der Waals surface area contributed by atoms with Gasteiger partial charge in [-0.2, -0.15) is 0 Å². The standard InChI is InChI=1S/C22H27N3O2/c1-2-23-22(27)25-13-7-12-20(16-25)18-10-6-11-19(14-18)21(26)24-15-17-8-4-3-5-9-17/h3-6,8-11,14,20H,2,7,12-13,15-16H2,1H3,(H,23,27)(H,24,26)/t20-/m1/s1. The summed E-state index contributed by atoms with van der Waals surface area (Å²) in [6.07, 6.45) is 2.01. The van der Waals surface area contributed by atoms with Crippen molar-refractivity contribution in [2.75, 3.05) is 19.6 Å². The zero-order valence-corrected chi connectivity index (χ0v) is 15.8. The van der Waals surface area contributed by atoms with Crippen molar-refractivity contribution in [2.24, 2.45) is 0 Å². The highest BCUT2D eigenvalue weighted by atomic mass is 16.2. The largest absolute Gasteiger partial charge is 0.348 e. The number of nitrogens with one attached hydrogen (secondary N) is 2. The third kappa shape index (κ3) is 5.09. The summed E-state index contributed by atoms with van der Waals surface area (Å²) in [5.41, 5.74) is 2.86. The van der Waals surface area contributed by atoms with E-state index in [0.717, 1.165) is 30.5 Å². The van der Waals surface area contributed by atoms with Crippen LogP contribution in [0.15, 0.2) is 54.6 Å². The van der Waals surface area contributed by atoms with E-state index in [1.165, 1.54) is 0 Å². The van der Waals surface area contributed by atoms with Crippen LogP contribution in [0.5, 0.6) is 0 Å². The minimum Gasteiger partial charge on any atom is -0.348 e. The van der Waals surface area contributed by atoms with Crippen molar-refractivity contribution in [1.82, 2.24) is 15.5 Å². The lowest BCUT2D eigenvalue weighted by molar-refractivity contribution is 0.0950. The number of urea groups is 1. The molecule has 1 aliphatic heterocycles. The van der Waals surface area contributed by atoms with Gasteiger partial charge in [0.2, 0.25) is 0 Å². The van der Waals surface area contributed by atoms with Gasteiger partial charge in [0, 0.05) is 37.7 Å². The van der Waals surface area contributed by atoms with E-state index in [-0.39, 0.29) is 17.9 Å². The summed E-state index contributed by atoms with van der Waals surface area (Å²) in [5.74, 6) is 0.195. The number of likely N-dealkylation sites (tertiary alicyclic amines) is 1. The number of nitrogens with zero attached hydrogens (tertiary/aromatic N) is 1. The fourth-order valence-corrected chi connectivity index (χ4v) is 3.51. The lowest BCUT2D eigenvalue weighted by Gasteiger charge is -2.33. The van der Waals surface area contributed by atoms with Gasteiger partial charge in [-0.3, -0.25) is 4.79 Å². The van der Waals surface area contributed by atoms with E-state index in [4.69, 9.17) is 0 Å². The summed E-state index contributed by atoms with van der Waals surface area (Å²) in [6, 6.07) is 17.7. The molecular weight excluding hydrogens is 338 g/mol. The van der Waals surface area contributed by atoms with E-state index in [2.05, 4.69) is 16.7 Å². The van der Waals surface area contributed by atoms with Crippen LogP contribution in [0.3, 0.4) is 0 Å². The Morgan fingerprint density at radius 3 is 2.67 bits per heavy atom. The molecule has 2 aromatic rings. The van der Waals surface area contributed by atoms with E-state index in [0.29, 0.717) is 25.2 Å². The Labute approximate surface area is 160 Å². The number of piperidine rings is 1. The van der Waals surface area contributed by atoms with Crippen molar-refractivity contribution in [3.05, 3.63) is 71.3 Å². The molecule has 3 rings (SSSR count). The minimum absolute atomic E-state index is 0.000964. The van der Waals surface area contributed by atoms with E-state index < -0.39 is 0 Å². The zero-order chi connectivity index (χ0) is 19.1. The Hall–Kier alpha value is -2.82. The quantitative estimate of drug-likeness (QED) is 0.852. The Bertz CT molecular complexity index is 776. The number of carbonyl (C=O) groups excluding carboxylic acids is 2. The van der Waals surface area contributed by atoms with Crippen LogP contribution in [0.25, 0.3) is 0 Å². The van der Waals surface area contributed by atoms with Crippen LogP contribution in [0.2, 0.25) is 0 Å². The van der Waals surface area contributed by atoms with Crippen LogP contribution in [-0.2, 0) is 6.54 Å². The zero-order valence-electron chi connectivity index (χ0n) is 15.8. The molecule has 2 N–H and O–H groups in total. The summed E-state index contributed by atoms with van der Waals surface area (Å²) >= 11 is 0. The van der Waals surface area contributed by atoms with Crippen molar-refractivity contribution in [1.29, 1.82) is 0 Å². The Morgan fingerprint density at radius 2 is 1.89 bits per heavy atom. The van der Waals surface area contributed by atoms with Gasteiger partial charge in [-0.1, -0.05) is 42.5 Å². The first-order chi connectivity index (χ1) is 13.2. The second-order valence-corrected chi connectivity index (χ2v) is 6.91. The van der Waals surface area contributed by atoms with Crippen molar-refractivity contribution in [2.45, 2.75) is 32.2 Å². The predicted octanol–water partition coefficient (Wildman–Crippen LogP) is 3.53. The summed E-state index contributed by atoms with van der Waals surface area (Å²) < 4.78 is 0. The molecule has 2 aromatic carbocycles. The van der Waals surface area contributed by atoms with Gasteiger partial charge in [0.05, 0.1) is 0 Å². The topological polar surface area (TPSA) is 61.4 Å². The average molecular weight is 365 g/mol. The second kappa shape index (κ2) is 9.21. The van der Waals surface area contributed by atoms with Gasteiger partial charge in [-0.25, -0.2) is 4.79 Å². The van der Waals surface area contributed by atoms with E-state index in [1.807, 2.05) is 60.4 Å². The van der Waals surface area contributed by atoms with E-state index in [1.54, 1.807) is 0 Å². The minimum atomic E-state index is -0.0721. The molecule has 0 aliphatic carbocycles. The van der Waals surface area contributed by atoms with Gasteiger partial charge in [0.15, 0.2) is 0 Å². The molecule has 1 saturated heterocycles. The summed E-state index contributed by atoms with van der Waals surface area (Å²) in [4.78, 5) is 26.5. The van der Waals surface area contributed by atoms with Crippen molar-refractivity contribution < 1.29 is 9.59 Å². The third-order valence-corrected chi connectivity index (χ3v) is 4.95. The highest BCUT2D eigenvalue weighted by molar-refractivity contribution is 5.94. The lowest BCUT2D eigenvalue weighted by atomic mass is 9.89. The molecule has 27 heavy (non-hydrogen) atoms. The Balaban J connectivity index is 1.64. The average Bonchev–Trinajstić information content (AvgIpc) is 2.73. The Kier molecular flexibility index (Phi) is 6.47. The Morgan fingerprint density at radius 1 is 1.07 bits per heavy atom. The van der Waals surface area contributed by atoms with E-state index >= 15 is 0 Å². The molecule has 1 atom stereocenters. The number of hydrogen-bond acceptors (Lipinski definition) is 2. The summed E-state index contributed by atoms with van der Waals surface area (Å²) in [6.45, 7) is 4.56. The normalized spacial score (nSPS) is 16.6. The molecule has 0 aromatic heterocycles. The monoisotopic (exact) mass is 365 g/mol. The fraction of sp³-hybridized carbons (Fsp3) is 0.364. The lowest BCUT2D eigenvalue weighted by Crippen LogP contribution is -2.44. The fourth-order valence-electron chi connectivity index (χ4n) is 3.51. The molecular formula is C22H27N3O2. The molecule has 1 heterocycles. The predicted molar refractivity (Wildman–Crippen MR) is 107 cm³/mol. The maximum atomic E-state index is 12.5. The third-order valence-electron chi connectivity index (χ3n) is 4.95. The van der Waals surface area contributed by atoms with Gasteiger partial charge in [-0.15, -0.1) is 0 Å². The first-order valence-corrected chi connectivity index (χ1v) is 9.62. The van der Waals surface area contributed by atoms with Gasteiger partial charge >= 0.3 is 6.03 Å². The SMILES string of the molecule is CCNC(=O)N1CCC[C@@H](c2cccc(C(=O)NCc3ccccc3)c2)C1. The molecule has 0 bridgehead atoms. The van der Waals surface area contributed by atoms with Crippen molar-refractivity contribution in [3.63, 3.8) is 0 Å². The number of rotatable bonds is 5. The molecule has 142 valence electrons. The van der Waals surface area contributed by atoms with Gasteiger partial charge in [0.25, 0.3) is 5.91 Å². The van der Waals surface area contributed by atoms with Crippen molar-refractivity contribution >= 4 is 11.9 Å². The van der Waals surface area contributed by atoms with Gasteiger partial charge in [0.1, 0.15) is 0 Å². The smallest absolute Gasteiger partial charge is 0.317 e. The number of benzene rings is 2. The highest BCUT2D eigenvalue weighted by Gasteiger charge is 2.24. The maximum Gasteiger partial charge on any atom is 0.317 e. The van der Waals surface area contributed by atoms with Crippen LogP contribution in [0.1, 0.15) is 47.2 Å². The van der Waals surface area contributed by atoms with Crippen LogP contribution in [0.4, 0.5) is 4.79 Å². The van der Waals surface area contributed by atoms with Gasteiger partial charge in [-0.05, 0) is 43.0 Å². The highest BCUT2D eigenvalue weighted by Crippen LogP contribution is 2.27. The molecule has 3 amide bonds. The first-order valence-electron chi connectivity index (χ1n) is 9.62. The molecule has 1 fully saturated rings. The first kappa shape index (κ1) is 19.0. The summed E-state index contributed by atoms with van der Waals surface area (Å²) in [5, 5.41) is 5.85. The maximum absolute atomic E-state index is 12.5. The van der Waals surface area contributed by atoms with Crippen molar-refractivity contribution in [3.8, 4) is 0 Å². The molecule has 1 aliphatic rings. The van der Waals surface area contributed by atoms with Crippen LogP contribution >= 0.6 is 0 Å². The van der Waals surface area contributed by atoms with Gasteiger partial charge < -0.3 is 15.5 Å². The van der Waals surface area contributed by atoms with Crippen LogP contribution < -0.4 is 10.6 Å². The molecule has 5 nitrogen and oxygen atoms in total. The van der Waals surface area contributed by atoms with Crippen LogP contribution in [-0.4, -0.2) is 36.5 Å². The number of amides is 3. The second-order valence-electron chi connectivity index (χ2n) is 6.91. The summed E-state index contributed by atoms with van der Waals surface area (Å²) in [7, 11) is 0. The van der Waals surface area contributed by atoms with Crippen LogP contribution in [0, 0.1) is 0 Å². The number of carbonyl (C=O) groups is 2. The molecule has 0 unspecified atom stereocenters. The molecule has 0 spiro atoms.